The smallest absolute Gasteiger partial charge is 0.356 e. The van der Waals surface area contributed by atoms with E-state index in [0.29, 0.717) is 28.4 Å². The van der Waals surface area contributed by atoms with Crippen molar-refractivity contribution in [3.8, 4) is 28.3 Å². The van der Waals surface area contributed by atoms with Gasteiger partial charge >= 0.3 is 11.9 Å². The normalized spacial score (nSPS) is 15.8. The summed E-state index contributed by atoms with van der Waals surface area (Å²) < 4.78 is 12.9. The van der Waals surface area contributed by atoms with E-state index in [4.69, 9.17) is 9.47 Å². The number of carboxylic acid groups (broad SMARTS) is 2. The van der Waals surface area contributed by atoms with Gasteiger partial charge in [-0.05, 0) is 73.1 Å². The molecule has 4 aromatic rings. The summed E-state index contributed by atoms with van der Waals surface area (Å²) in [6.45, 7) is -0.673. The van der Waals surface area contributed by atoms with Crippen LogP contribution >= 0.6 is 0 Å². The van der Waals surface area contributed by atoms with E-state index >= 15 is 0 Å². The Morgan fingerprint density at radius 2 is 1.62 bits per heavy atom. The third kappa shape index (κ3) is 5.19. The lowest BCUT2D eigenvalue weighted by atomic mass is 9.84. The van der Waals surface area contributed by atoms with Gasteiger partial charge in [-0.2, -0.15) is 0 Å². The molecule has 0 spiro atoms. The van der Waals surface area contributed by atoms with Crippen LogP contribution in [-0.2, 0) is 4.79 Å². The fourth-order valence-corrected chi connectivity index (χ4v) is 5.46. The van der Waals surface area contributed by atoms with Crippen molar-refractivity contribution in [1.29, 1.82) is 0 Å². The van der Waals surface area contributed by atoms with Gasteiger partial charge in [0, 0.05) is 17.4 Å². The quantitative estimate of drug-likeness (QED) is 0.258. The highest BCUT2D eigenvalue weighted by atomic mass is 16.5. The first-order valence-corrected chi connectivity index (χ1v) is 13.5. The van der Waals surface area contributed by atoms with Gasteiger partial charge in [-0.25, -0.2) is 14.6 Å². The largest absolute Gasteiger partial charge is 0.490 e. The summed E-state index contributed by atoms with van der Waals surface area (Å²) in [4.78, 5) is 28.5. The van der Waals surface area contributed by atoms with Crippen molar-refractivity contribution in [2.75, 3.05) is 6.61 Å². The number of carboxylic acids is 2. The molecule has 2 aliphatic carbocycles. The number of carbonyl (C=O) groups is 2. The van der Waals surface area contributed by atoms with E-state index in [9.17, 15) is 19.8 Å². The summed E-state index contributed by atoms with van der Waals surface area (Å²) in [5, 5.41) is 19.9. The number of ether oxygens (including phenoxy) is 2. The van der Waals surface area contributed by atoms with Crippen LogP contribution in [0.5, 0.6) is 11.5 Å². The van der Waals surface area contributed by atoms with E-state index in [2.05, 4.69) is 29.2 Å². The predicted octanol–water partition coefficient (Wildman–Crippen LogP) is 6.44. The van der Waals surface area contributed by atoms with Crippen molar-refractivity contribution in [3.05, 3.63) is 72.1 Å². The van der Waals surface area contributed by atoms with Crippen LogP contribution in [0.25, 0.3) is 27.8 Å². The molecule has 0 atom stereocenters. The first kappa shape index (κ1) is 25.0. The van der Waals surface area contributed by atoms with Crippen molar-refractivity contribution in [1.82, 2.24) is 9.55 Å². The standard InChI is InChI=1S/C31H30N2O6/c34-27(35)18-38-29-26-16-22(21-8-6-20(7-9-21)19-4-2-1-3-5-19)17-32-30(26)33(28(29)31(36)37)23-10-12-24(13-11-23)39-25-14-15-25/h6-13,16-17,19,25H,1-5,14-15,18H2,(H,34,35)(H,36,37). The summed E-state index contributed by atoms with van der Waals surface area (Å²) in [7, 11) is 0. The Labute approximate surface area is 225 Å². The average molecular weight is 527 g/mol. The molecule has 0 aliphatic heterocycles. The molecule has 0 radical (unpaired) electrons. The molecule has 2 aromatic heterocycles. The van der Waals surface area contributed by atoms with Crippen LogP contribution in [0, 0.1) is 0 Å². The highest BCUT2D eigenvalue weighted by Gasteiger charge is 2.28. The average Bonchev–Trinajstić information content (AvgIpc) is 3.71. The minimum atomic E-state index is -1.25. The molecule has 2 aliphatic rings. The fourth-order valence-electron chi connectivity index (χ4n) is 5.46. The van der Waals surface area contributed by atoms with Gasteiger partial charge in [0.05, 0.1) is 11.5 Å². The van der Waals surface area contributed by atoms with Crippen LogP contribution in [0.4, 0.5) is 0 Å². The van der Waals surface area contributed by atoms with E-state index in [-0.39, 0.29) is 17.5 Å². The molecular formula is C31H30N2O6. The number of benzene rings is 2. The number of hydrogen-bond acceptors (Lipinski definition) is 5. The molecule has 200 valence electrons. The van der Waals surface area contributed by atoms with Crippen LogP contribution in [0.3, 0.4) is 0 Å². The second-order valence-corrected chi connectivity index (χ2v) is 10.4. The van der Waals surface area contributed by atoms with Gasteiger partial charge in [0.2, 0.25) is 0 Å². The molecule has 2 fully saturated rings. The number of nitrogens with zero attached hydrogens (tertiary/aromatic N) is 2. The van der Waals surface area contributed by atoms with Gasteiger partial charge in [-0.1, -0.05) is 43.5 Å². The van der Waals surface area contributed by atoms with Crippen LogP contribution < -0.4 is 9.47 Å². The Morgan fingerprint density at radius 1 is 0.897 bits per heavy atom. The lowest BCUT2D eigenvalue weighted by Crippen LogP contribution is -2.13. The van der Waals surface area contributed by atoms with E-state index in [1.165, 1.54) is 42.2 Å². The molecule has 0 bridgehead atoms. The number of aromatic carboxylic acids is 1. The Morgan fingerprint density at radius 3 is 2.26 bits per heavy atom. The molecule has 0 unspecified atom stereocenters. The van der Waals surface area contributed by atoms with Gasteiger partial charge in [0.25, 0.3) is 0 Å². The number of fused-ring (bicyclic) bond motifs is 1. The highest BCUT2D eigenvalue weighted by molar-refractivity contribution is 6.02. The number of pyridine rings is 1. The molecule has 0 amide bonds. The molecule has 6 rings (SSSR count). The number of aromatic nitrogens is 2. The molecule has 0 saturated heterocycles. The first-order chi connectivity index (χ1) is 19.0. The zero-order chi connectivity index (χ0) is 26.9. The second kappa shape index (κ2) is 10.4. The SMILES string of the molecule is O=C(O)COc1c(C(=O)O)n(-c2ccc(OC3CC3)cc2)c2ncc(-c3ccc(C4CCCCC4)cc3)cc12. The van der Waals surface area contributed by atoms with Crippen molar-refractivity contribution in [2.45, 2.75) is 57.0 Å². The van der Waals surface area contributed by atoms with Crippen molar-refractivity contribution >= 4 is 23.0 Å². The zero-order valence-corrected chi connectivity index (χ0v) is 21.5. The van der Waals surface area contributed by atoms with Crippen molar-refractivity contribution in [3.63, 3.8) is 0 Å². The molecule has 2 saturated carbocycles. The van der Waals surface area contributed by atoms with Crippen LogP contribution in [0.1, 0.15) is 66.9 Å². The summed E-state index contributed by atoms with van der Waals surface area (Å²) in [5.74, 6) is -1.16. The van der Waals surface area contributed by atoms with Gasteiger partial charge in [0.15, 0.2) is 18.1 Å². The van der Waals surface area contributed by atoms with Crippen LogP contribution in [0.15, 0.2) is 60.8 Å². The van der Waals surface area contributed by atoms with Crippen molar-refractivity contribution < 1.29 is 29.3 Å². The third-order valence-electron chi connectivity index (χ3n) is 7.55. The zero-order valence-electron chi connectivity index (χ0n) is 21.5. The summed E-state index contributed by atoms with van der Waals surface area (Å²) >= 11 is 0. The Hall–Kier alpha value is -4.33. The van der Waals surface area contributed by atoms with E-state index in [1.54, 1.807) is 30.5 Å². The lowest BCUT2D eigenvalue weighted by molar-refractivity contribution is -0.139. The Balaban J connectivity index is 1.42. The van der Waals surface area contributed by atoms with Crippen molar-refractivity contribution in [2.24, 2.45) is 0 Å². The number of rotatable bonds is 9. The first-order valence-electron chi connectivity index (χ1n) is 13.5. The number of hydrogen-bond donors (Lipinski definition) is 2. The molecule has 2 N–H and O–H groups in total. The molecule has 8 heteroatoms. The monoisotopic (exact) mass is 526 g/mol. The van der Waals surface area contributed by atoms with Gasteiger partial charge < -0.3 is 19.7 Å². The number of aliphatic carboxylic acids is 1. The van der Waals surface area contributed by atoms with E-state index in [1.807, 2.05) is 6.07 Å². The maximum Gasteiger partial charge on any atom is 0.356 e. The molecule has 2 aromatic carbocycles. The minimum Gasteiger partial charge on any atom is -0.490 e. The predicted molar refractivity (Wildman–Crippen MR) is 146 cm³/mol. The molecular weight excluding hydrogens is 496 g/mol. The maximum atomic E-state index is 12.5. The summed E-state index contributed by atoms with van der Waals surface area (Å²) in [6.07, 6.45) is 10.3. The van der Waals surface area contributed by atoms with Crippen LogP contribution in [0.2, 0.25) is 0 Å². The summed E-state index contributed by atoms with van der Waals surface area (Å²) in [5.41, 5.74) is 3.82. The molecule has 8 nitrogen and oxygen atoms in total. The minimum absolute atomic E-state index is 0.0219. The van der Waals surface area contributed by atoms with Gasteiger partial charge in [0.1, 0.15) is 11.4 Å². The maximum absolute atomic E-state index is 12.5. The summed E-state index contributed by atoms with van der Waals surface area (Å²) in [6, 6.07) is 17.4. The molecule has 2 heterocycles. The highest BCUT2D eigenvalue weighted by Crippen LogP contribution is 2.39. The van der Waals surface area contributed by atoms with E-state index in [0.717, 1.165) is 24.0 Å². The van der Waals surface area contributed by atoms with Crippen LogP contribution in [-0.4, -0.2) is 44.4 Å². The lowest BCUT2D eigenvalue weighted by Gasteiger charge is -2.22. The third-order valence-corrected chi connectivity index (χ3v) is 7.55. The Kier molecular flexibility index (Phi) is 6.69. The van der Waals surface area contributed by atoms with E-state index < -0.39 is 18.5 Å². The Bertz CT molecular complexity index is 1510. The van der Waals surface area contributed by atoms with Gasteiger partial charge in [-0.15, -0.1) is 0 Å². The second-order valence-electron chi connectivity index (χ2n) is 10.4. The fraction of sp³-hybridized carbons (Fsp3) is 0.323. The molecule has 39 heavy (non-hydrogen) atoms. The topological polar surface area (TPSA) is 111 Å². The van der Waals surface area contributed by atoms with Gasteiger partial charge in [-0.3, -0.25) is 4.57 Å².